The standard InChI is InChI=1S/C8H16N2O3.ClH/c1-12-6-7-13-8(11)10-4-2-9-3-5-10;/h9H,2-7H2,1H3;1H. The van der Waals surface area contributed by atoms with Gasteiger partial charge in [-0.3, -0.25) is 0 Å². The van der Waals surface area contributed by atoms with Crippen molar-refractivity contribution in [3.05, 3.63) is 0 Å². The van der Waals surface area contributed by atoms with E-state index in [1.54, 1.807) is 12.0 Å². The fourth-order valence-corrected chi connectivity index (χ4v) is 1.15. The molecule has 14 heavy (non-hydrogen) atoms. The number of rotatable bonds is 3. The van der Waals surface area contributed by atoms with Crippen molar-refractivity contribution < 1.29 is 14.3 Å². The van der Waals surface area contributed by atoms with Crippen LogP contribution in [-0.2, 0) is 9.47 Å². The van der Waals surface area contributed by atoms with Gasteiger partial charge in [-0.25, -0.2) is 4.79 Å². The Kier molecular flexibility index (Phi) is 7.55. The molecule has 1 rings (SSSR count). The Labute approximate surface area is 90.1 Å². The largest absolute Gasteiger partial charge is 0.447 e. The van der Waals surface area contributed by atoms with Gasteiger partial charge in [-0.05, 0) is 0 Å². The third-order valence-corrected chi connectivity index (χ3v) is 1.89. The predicted octanol–water partition coefficient (Wildman–Crippen LogP) is 0.0964. The van der Waals surface area contributed by atoms with Gasteiger partial charge in [0.1, 0.15) is 6.61 Å². The summed E-state index contributed by atoms with van der Waals surface area (Å²) >= 11 is 0. The molecular formula is C8H17ClN2O3. The molecule has 1 fully saturated rings. The van der Waals surface area contributed by atoms with Crippen molar-refractivity contribution in [2.45, 2.75) is 0 Å². The normalized spacial score (nSPS) is 15.9. The van der Waals surface area contributed by atoms with Crippen LogP contribution in [0, 0.1) is 0 Å². The molecule has 1 N–H and O–H groups in total. The number of carbonyl (C=O) groups is 1. The third-order valence-electron chi connectivity index (χ3n) is 1.89. The van der Waals surface area contributed by atoms with Gasteiger partial charge in [0.05, 0.1) is 6.61 Å². The number of halogens is 1. The summed E-state index contributed by atoms with van der Waals surface area (Å²) in [4.78, 5) is 13.0. The van der Waals surface area contributed by atoms with Crippen LogP contribution in [0.4, 0.5) is 4.79 Å². The molecule has 1 aliphatic rings. The molecule has 0 aromatic rings. The van der Waals surface area contributed by atoms with Crippen LogP contribution in [0.2, 0.25) is 0 Å². The van der Waals surface area contributed by atoms with E-state index in [0.717, 1.165) is 26.2 Å². The molecule has 0 unspecified atom stereocenters. The van der Waals surface area contributed by atoms with Gasteiger partial charge in [-0.1, -0.05) is 0 Å². The molecule has 1 heterocycles. The highest BCUT2D eigenvalue weighted by Crippen LogP contribution is 1.96. The van der Waals surface area contributed by atoms with Crippen LogP contribution in [0.15, 0.2) is 0 Å². The Morgan fingerprint density at radius 3 is 2.57 bits per heavy atom. The first-order valence-electron chi connectivity index (χ1n) is 4.46. The lowest BCUT2D eigenvalue weighted by Gasteiger charge is -2.26. The summed E-state index contributed by atoms with van der Waals surface area (Å²) < 4.78 is 9.73. The van der Waals surface area contributed by atoms with Gasteiger partial charge >= 0.3 is 6.09 Å². The summed E-state index contributed by atoms with van der Waals surface area (Å²) in [7, 11) is 1.58. The zero-order valence-corrected chi connectivity index (χ0v) is 9.14. The number of ether oxygens (including phenoxy) is 2. The molecule has 0 radical (unpaired) electrons. The summed E-state index contributed by atoms with van der Waals surface area (Å²) in [5.41, 5.74) is 0. The first kappa shape index (κ1) is 13.5. The van der Waals surface area contributed by atoms with Crippen molar-refractivity contribution in [2.75, 3.05) is 46.5 Å². The van der Waals surface area contributed by atoms with Crippen LogP contribution in [0.5, 0.6) is 0 Å². The first-order valence-corrected chi connectivity index (χ1v) is 4.46. The second kappa shape index (κ2) is 7.84. The Morgan fingerprint density at radius 2 is 2.00 bits per heavy atom. The van der Waals surface area contributed by atoms with Crippen molar-refractivity contribution in [3.63, 3.8) is 0 Å². The first-order chi connectivity index (χ1) is 6.34. The van der Waals surface area contributed by atoms with Crippen molar-refractivity contribution in [3.8, 4) is 0 Å². The lowest BCUT2D eigenvalue weighted by atomic mass is 10.4. The lowest BCUT2D eigenvalue weighted by Crippen LogP contribution is -2.46. The van der Waals surface area contributed by atoms with Gasteiger partial charge in [0.15, 0.2) is 0 Å². The Bertz CT molecular complexity index is 163. The maximum Gasteiger partial charge on any atom is 0.409 e. The minimum absolute atomic E-state index is 0. The highest BCUT2D eigenvalue weighted by atomic mass is 35.5. The Morgan fingerprint density at radius 1 is 1.36 bits per heavy atom. The number of hydrogen-bond donors (Lipinski definition) is 1. The van der Waals surface area contributed by atoms with Gasteiger partial charge in [-0.2, -0.15) is 0 Å². The fourth-order valence-electron chi connectivity index (χ4n) is 1.15. The molecule has 0 atom stereocenters. The van der Waals surface area contributed by atoms with E-state index in [1.807, 2.05) is 0 Å². The minimum Gasteiger partial charge on any atom is -0.447 e. The number of amides is 1. The topological polar surface area (TPSA) is 50.8 Å². The van der Waals surface area contributed by atoms with Crippen LogP contribution in [0.25, 0.3) is 0 Å². The summed E-state index contributed by atoms with van der Waals surface area (Å²) in [6.45, 7) is 3.94. The van der Waals surface area contributed by atoms with E-state index in [1.165, 1.54) is 0 Å². The van der Waals surface area contributed by atoms with Crippen molar-refractivity contribution in [2.24, 2.45) is 0 Å². The number of nitrogens with one attached hydrogen (secondary N) is 1. The average Bonchev–Trinajstić information content (AvgIpc) is 2.19. The monoisotopic (exact) mass is 224 g/mol. The number of nitrogens with zero attached hydrogens (tertiary/aromatic N) is 1. The van der Waals surface area contributed by atoms with Gasteiger partial charge in [0.25, 0.3) is 0 Å². The molecule has 1 amide bonds. The zero-order chi connectivity index (χ0) is 9.52. The second-order valence-corrected chi connectivity index (χ2v) is 2.84. The molecule has 0 aliphatic carbocycles. The quantitative estimate of drug-likeness (QED) is 0.691. The number of methoxy groups -OCH3 is 1. The highest BCUT2D eigenvalue weighted by Gasteiger charge is 2.16. The smallest absolute Gasteiger partial charge is 0.409 e. The van der Waals surface area contributed by atoms with E-state index in [4.69, 9.17) is 9.47 Å². The summed E-state index contributed by atoms with van der Waals surface area (Å²) in [5.74, 6) is 0. The van der Waals surface area contributed by atoms with Gasteiger partial charge < -0.3 is 19.7 Å². The number of piperazine rings is 1. The Balaban J connectivity index is 0.00000169. The van der Waals surface area contributed by atoms with Gasteiger partial charge in [-0.15, -0.1) is 12.4 Å². The minimum atomic E-state index is -0.237. The summed E-state index contributed by atoms with van der Waals surface area (Å²) in [6, 6.07) is 0. The van der Waals surface area contributed by atoms with Crippen molar-refractivity contribution >= 4 is 18.5 Å². The van der Waals surface area contributed by atoms with E-state index >= 15 is 0 Å². The van der Waals surface area contributed by atoms with Crippen LogP contribution in [0.3, 0.4) is 0 Å². The maximum atomic E-state index is 11.3. The molecular weight excluding hydrogens is 208 g/mol. The highest BCUT2D eigenvalue weighted by molar-refractivity contribution is 5.85. The molecule has 0 aromatic heterocycles. The number of carbonyl (C=O) groups excluding carboxylic acids is 1. The van der Waals surface area contributed by atoms with Gasteiger partial charge in [0.2, 0.25) is 0 Å². The summed E-state index contributed by atoms with van der Waals surface area (Å²) in [5, 5.41) is 3.16. The molecule has 1 saturated heterocycles. The molecule has 0 bridgehead atoms. The lowest BCUT2D eigenvalue weighted by molar-refractivity contribution is 0.0690. The number of hydrogen-bond acceptors (Lipinski definition) is 4. The second-order valence-electron chi connectivity index (χ2n) is 2.84. The zero-order valence-electron chi connectivity index (χ0n) is 8.32. The third kappa shape index (κ3) is 4.64. The predicted molar refractivity (Wildman–Crippen MR) is 54.9 cm³/mol. The average molecular weight is 225 g/mol. The molecule has 84 valence electrons. The molecule has 6 heteroatoms. The van der Waals surface area contributed by atoms with Crippen LogP contribution in [0.1, 0.15) is 0 Å². The van der Waals surface area contributed by atoms with Crippen LogP contribution in [-0.4, -0.2) is 57.5 Å². The maximum absolute atomic E-state index is 11.3. The van der Waals surface area contributed by atoms with Gasteiger partial charge in [0, 0.05) is 33.3 Å². The van der Waals surface area contributed by atoms with E-state index in [2.05, 4.69) is 5.32 Å². The SMILES string of the molecule is COCCOC(=O)N1CCNCC1.Cl. The molecule has 1 aliphatic heterocycles. The summed E-state index contributed by atoms with van der Waals surface area (Å²) in [6.07, 6.45) is -0.237. The van der Waals surface area contributed by atoms with E-state index in [0.29, 0.717) is 13.2 Å². The van der Waals surface area contributed by atoms with Crippen LogP contribution >= 0.6 is 12.4 Å². The van der Waals surface area contributed by atoms with E-state index in [9.17, 15) is 4.79 Å². The van der Waals surface area contributed by atoms with E-state index in [-0.39, 0.29) is 18.5 Å². The molecule has 0 aromatic carbocycles. The molecule has 0 spiro atoms. The van der Waals surface area contributed by atoms with E-state index < -0.39 is 0 Å². The molecule has 5 nitrogen and oxygen atoms in total. The van der Waals surface area contributed by atoms with Crippen molar-refractivity contribution in [1.29, 1.82) is 0 Å². The van der Waals surface area contributed by atoms with Crippen molar-refractivity contribution in [1.82, 2.24) is 10.2 Å². The van der Waals surface area contributed by atoms with Crippen LogP contribution < -0.4 is 5.32 Å². The fraction of sp³-hybridized carbons (Fsp3) is 0.875. The Hall–Kier alpha value is -0.520. The molecule has 0 saturated carbocycles.